The van der Waals surface area contributed by atoms with Gasteiger partial charge in [0.1, 0.15) is 6.54 Å². The summed E-state index contributed by atoms with van der Waals surface area (Å²) in [5, 5.41) is 15.4. The number of hydrogen-bond donors (Lipinski definition) is 1. The second-order valence-corrected chi connectivity index (χ2v) is 4.51. The number of nitrogens with one attached hydrogen (secondary N) is 1. The third-order valence-corrected chi connectivity index (χ3v) is 2.59. The van der Waals surface area contributed by atoms with Crippen molar-refractivity contribution in [3.8, 4) is 6.07 Å². The molecule has 90 valence electrons. The quantitative estimate of drug-likeness (QED) is 0.944. The molecule has 1 amide bonds. The number of halogens is 1. The van der Waals surface area contributed by atoms with Crippen LogP contribution in [0.1, 0.15) is 5.56 Å². The van der Waals surface area contributed by atoms with E-state index in [4.69, 9.17) is 5.26 Å². The van der Waals surface area contributed by atoms with Crippen molar-refractivity contribution in [3.63, 3.8) is 0 Å². The number of amides is 1. The zero-order valence-electron chi connectivity index (χ0n) is 9.30. The van der Waals surface area contributed by atoms with E-state index in [0.717, 1.165) is 4.47 Å². The number of carbonyl (C=O) groups excluding carboxylic acids is 1. The number of carbonyl (C=O) groups is 1. The van der Waals surface area contributed by atoms with Gasteiger partial charge in [-0.1, -0.05) is 6.07 Å². The Morgan fingerprint density at radius 1 is 1.56 bits per heavy atom. The Hall–Kier alpha value is -2.13. The molecule has 1 N–H and O–H groups in total. The summed E-state index contributed by atoms with van der Waals surface area (Å²) in [6.07, 6.45) is 3.33. The molecular formula is C12H9BrN4O. The number of nitrogens with zero attached hydrogens (tertiary/aromatic N) is 3. The maximum atomic E-state index is 11.7. The van der Waals surface area contributed by atoms with Crippen molar-refractivity contribution in [1.82, 2.24) is 9.78 Å². The highest BCUT2D eigenvalue weighted by Crippen LogP contribution is 2.10. The Bertz CT molecular complexity index is 615. The number of aromatic nitrogens is 2. The van der Waals surface area contributed by atoms with Gasteiger partial charge in [0.15, 0.2) is 0 Å². The van der Waals surface area contributed by atoms with Crippen molar-refractivity contribution < 1.29 is 4.79 Å². The van der Waals surface area contributed by atoms with E-state index in [0.29, 0.717) is 11.3 Å². The second-order valence-electron chi connectivity index (χ2n) is 3.60. The van der Waals surface area contributed by atoms with Crippen LogP contribution in [0.4, 0.5) is 5.69 Å². The van der Waals surface area contributed by atoms with Crippen LogP contribution in [0.5, 0.6) is 0 Å². The summed E-state index contributed by atoms with van der Waals surface area (Å²) in [5.41, 5.74) is 1.11. The van der Waals surface area contributed by atoms with Gasteiger partial charge in [0.25, 0.3) is 0 Å². The van der Waals surface area contributed by atoms with Crippen molar-refractivity contribution in [2.75, 3.05) is 5.32 Å². The molecule has 2 aromatic rings. The summed E-state index contributed by atoms with van der Waals surface area (Å²) in [5.74, 6) is -0.194. The fourth-order valence-electron chi connectivity index (χ4n) is 1.44. The van der Waals surface area contributed by atoms with Gasteiger partial charge in [-0.3, -0.25) is 9.48 Å². The summed E-state index contributed by atoms with van der Waals surface area (Å²) in [6.45, 7) is 0.127. The predicted octanol–water partition coefficient (Wildman–Crippen LogP) is 2.16. The smallest absolute Gasteiger partial charge is 0.246 e. The normalized spacial score (nSPS) is 9.78. The Morgan fingerprint density at radius 2 is 2.39 bits per heavy atom. The molecule has 2 rings (SSSR count). The highest BCUT2D eigenvalue weighted by molar-refractivity contribution is 9.10. The van der Waals surface area contributed by atoms with Gasteiger partial charge < -0.3 is 5.32 Å². The monoisotopic (exact) mass is 304 g/mol. The van der Waals surface area contributed by atoms with Gasteiger partial charge in [0, 0.05) is 11.9 Å². The molecule has 0 aliphatic carbocycles. The molecule has 0 saturated heterocycles. The Kier molecular flexibility index (Phi) is 3.75. The number of rotatable bonds is 3. The molecule has 0 saturated carbocycles. The average molecular weight is 305 g/mol. The lowest BCUT2D eigenvalue weighted by atomic mass is 10.2. The van der Waals surface area contributed by atoms with Crippen LogP contribution in [0.3, 0.4) is 0 Å². The maximum Gasteiger partial charge on any atom is 0.246 e. The van der Waals surface area contributed by atoms with E-state index in [9.17, 15) is 4.79 Å². The lowest BCUT2D eigenvalue weighted by Crippen LogP contribution is -2.18. The SMILES string of the molecule is N#Cc1cccc(NC(=O)Cn2cc(Br)cn2)c1. The van der Waals surface area contributed by atoms with Crippen LogP contribution >= 0.6 is 15.9 Å². The number of anilines is 1. The molecule has 18 heavy (non-hydrogen) atoms. The van der Waals surface area contributed by atoms with Crippen LogP contribution < -0.4 is 5.32 Å². The van der Waals surface area contributed by atoms with E-state index in [1.165, 1.54) is 4.68 Å². The molecule has 0 spiro atoms. The van der Waals surface area contributed by atoms with Crippen LogP contribution in [-0.2, 0) is 11.3 Å². The van der Waals surface area contributed by atoms with Gasteiger partial charge in [0.05, 0.1) is 22.3 Å². The Balaban J connectivity index is 2.01. The molecular weight excluding hydrogens is 296 g/mol. The molecule has 6 heteroatoms. The number of nitriles is 1. The highest BCUT2D eigenvalue weighted by Gasteiger charge is 2.05. The van der Waals surface area contributed by atoms with Crippen molar-refractivity contribution >= 4 is 27.5 Å². The predicted molar refractivity (Wildman–Crippen MR) is 69.7 cm³/mol. The third kappa shape index (κ3) is 3.18. The molecule has 5 nitrogen and oxygen atoms in total. The largest absolute Gasteiger partial charge is 0.324 e. The minimum Gasteiger partial charge on any atom is -0.324 e. The Morgan fingerprint density at radius 3 is 3.06 bits per heavy atom. The average Bonchev–Trinajstić information content (AvgIpc) is 2.74. The van der Waals surface area contributed by atoms with Crippen LogP contribution in [0.25, 0.3) is 0 Å². The van der Waals surface area contributed by atoms with Crippen LogP contribution in [0, 0.1) is 11.3 Å². The first-order chi connectivity index (χ1) is 8.67. The van der Waals surface area contributed by atoms with Gasteiger partial charge in [-0.15, -0.1) is 0 Å². The Labute approximate surface area is 112 Å². The number of benzene rings is 1. The molecule has 0 unspecified atom stereocenters. The standard InChI is InChI=1S/C12H9BrN4O/c13-10-6-15-17(7-10)8-12(18)16-11-3-1-2-9(4-11)5-14/h1-4,6-7H,8H2,(H,16,18). The molecule has 0 radical (unpaired) electrons. The molecule has 0 aliphatic heterocycles. The zero-order chi connectivity index (χ0) is 13.0. The van der Waals surface area contributed by atoms with E-state index in [1.54, 1.807) is 36.7 Å². The fourth-order valence-corrected chi connectivity index (χ4v) is 1.77. The second kappa shape index (κ2) is 5.47. The van der Waals surface area contributed by atoms with Crippen molar-refractivity contribution in [1.29, 1.82) is 5.26 Å². The summed E-state index contributed by atoms with van der Waals surface area (Å²) in [4.78, 5) is 11.7. The van der Waals surface area contributed by atoms with Gasteiger partial charge in [-0.25, -0.2) is 0 Å². The molecule has 0 bridgehead atoms. The first kappa shape index (κ1) is 12.3. The summed E-state index contributed by atoms with van der Waals surface area (Å²) >= 11 is 3.26. The van der Waals surface area contributed by atoms with Gasteiger partial charge in [-0.05, 0) is 34.1 Å². The lowest BCUT2D eigenvalue weighted by Gasteiger charge is -2.05. The zero-order valence-corrected chi connectivity index (χ0v) is 10.9. The third-order valence-electron chi connectivity index (χ3n) is 2.18. The van der Waals surface area contributed by atoms with Crippen LogP contribution in [0.15, 0.2) is 41.1 Å². The van der Waals surface area contributed by atoms with E-state index >= 15 is 0 Å². The first-order valence-electron chi connectivity index (χ1n) is 5.15. The molecule has 1 aromatic heterocycles. The van der Waals surface area contributed by atoms with E-state index in [2.05, 4.69) is 26.3 Å². The van der Waals surface area contributed by atoms with Crippen molar-refractivity contribution in [2.45, 2.75) is 6.54 Å². The molecule has 0 aliphatic rings. The fraction of sp³-hybridized carbons (Fsp3) is 0.0833. The maximum absolute atomic E-state index is 11.7. The van der Waals surface area contributed by atoms with Crippen LogP contribution in [-0.4, -0.2) is 15.7 Å². The summed E-state index contributed by atoms with van der Waals surface area (Å²) in [6, 6.07) is 8.78. The summed E-state index contributed by atoms with van der Waals surface area (Å²) < 4.78 is 2.34. The highest BCUT2D eigenvalue weighted by atomic mass is 79.9. The minimum absolute atomic E-state index is 0.127. The molecule has 1 heterocycles. The van der Waals surface area contributed by atoms with Gasteiger partial charge in [0.2, 0.25) is 5.91 Å². The molecule has 0 fully saturated rings. The van der Waals surface area contributed by atoms with Crippen LogP contribution in [0.2, 0.25) is 0 Å². The summed E-state index contributed by atoms with van der Waals surface area (Å²) in [7, 11) is 0. The van der Waals surface area contributed by atoms with E-state index < -0.39 is 0 Å². The molecule has 1 aromatic carbocycles. The number of hydrogen-bond acceptors (Lipinski definition) is 3. The van der Waals surface area contributed by atoms with E-state index in [-0.39, 0.29) is 12.5 Å². The van der Waals surface area contributed by atoms with E-state index in [1.807, 2.05) is 6.07 Å². The topological polar surface area (TPSA) is 70.7 Å². The van der Waals surface area contributed by atoms with Gasteiger partial charge >= 0.3 is 0 Å². The first-order valence-corrected chi connectivity index (χ1v) is 5.94. The van der Waals surface area contributed by atoms with Crippen molar-refractivity contribution in [2.24, 2.45) is 0 Å². The molecule has 0 atom stereocenters. The lowest BCUT2D eigenvalue weighted by molar-refractivity contribution is -0.116. The van der Waals surface area contributed by atoms with Gasteiger partial charge in [-0.2, -0.15) is 10.4 Å². The minimum atomic E-state index is -0.194. The van der Waals surface area contributed by atoms with Crippen molar-refractivity contribution in [3.05, 3.63) is 46.7 Å².